The number of nitrogens with one attached hydrogen (secondary N) is 1. The number of rotatable bonds is 16. The molecule has 1 atom stereocenters. The molecule has 6 aliphatic rings. The number of nitrogens with zero attached hydrogens (tertiary/aromatic N) is 8. The number of amides is 1. The summed E-state index contributed by atoms with van der Waals surface area (Å²) in [6.45, 7) is 54.7. The molecule has 6 aliphatic heterocycles. The first-order valence-corrected chi connectivity index (χ1v) is 35.9. The van der Waals surface area contributed by atoms with Crippen LogP contribution in [0.25, 0.3) is 0 Å². The van der Waals surface area contributed by atoms with Crippen molar-refractivity contribution in [2.45, 2.75) is 204 Å². The predicted octanol–water partition coefficient (Wildman–Crippen LogP) is -8.35. The van der Waals surface area contributed by atoms with Gasteiger partial charge in [0.05, 0.1) is 32.0 Å². The van der Waals surface area contributed by atoms with E-state index in [-0.39, 0.29) is 269 Å². The molecule has 24 nitrogen and oxygen atoms in total. The molecule has 0 aromatic carbocycles. The van der Waals surface area contributed by atoms with E-state index in [9.17, 15) is 39.1 Å². The van der Waals surface area contributed by atoms with Crippen molar-refractivity contribution in [3.8, 4) is 0 Å². The summed E-state index contributed by atoms with van der Waals surface area (Å²) in [7, 11) is -3.63. The number of aliphatic hydroxyl groups is 1. The Labute approximate surface area is 734 Å². The molecule has 6 saturated heterocycles. The molecule has 6 fully saturated rings. The molecule has 0 aromatic rings. The summed E-state index contributed by atoms with van der Waals surface area (Å²) >= 11 is -1.07. The minimum atomic E-state index is -3.26. The van der Waals surface area contributed by atoms with Gasteiger partial charge in [-0.3, -0.25) is 61.9 Å². The van der Waals surface area contributed by atoms with Crippen LogP contribution in [0.2, 0.25) is 0 Å². The van der Waals surface area contributed by atoms with Gasteiger partial charge in [-0.05, 0) is 96.9 Å². The minimum absolute atomic E-state index is 0. The van der Waals surface area contributed by atoms with E-state index in [0.717, 1.165) is 84.0 Å². The number of halogens is 1. The molecule has 1 unspecified atom stereocenters. The Bertz CT molecular complexity index is 2040. The number of carbonyl (C=O) groups is 2. The summed E-state index contributed by atoms with van der Waals surface area (Å²) in [4.78, 5) is 45.0. The van der Waals surface area contributed by atoms with Crippen LogP contribution in [-0.2, 0) is 63.0 Å². The van der Waals surface area contributed by atoms with Gasteiger partial charge in [-0.1, -0.05) is 0 Å². The Balaban J connectivity index is -0.000000113. The maximum Gasteiger partial charge on any atom is 1.00 e. The van der Waals surface area contributed by atoms with Gasteiger partial charge in [0.2, 0.25) is 9.05 Å². The fourth-order valence-corrected chi connectivity index (χ4v) is 9.51. The number of hydrogen-bond acceptors (Lipinski definition) is 22. The molecule has 87 heavy (non-hydrogen) atoms. The van der Waals surface area contributed by atoms with Crippen LogP contribution in [0.5, 0.6) is 0 Å². The number of Topliss-reactive ketones (excluding diaryl/α,β-unsaturated/α-hetero) is 1. The van der Waals surface area contributed by atoms with Crippen LogP contribution in [0, 0.1) is 19.6 Å². The van der Waals surface area contributed by atoms with Gasteiger partial charge in [0.1, 0.15) is 11.9 Å². The molecule has 6 heterocycles. The van der Waals surface area contributed by atoms with E-state index in [0.29, 0.717) is 48.3 Å². The van der Waals surface area contributed by atoms with Crippen molar-refractivity contribution in [2.24, 2.45) is 5.73 Å². The minimum Gasteiger partial charge on any atom is -0.542 e. The maximum absolute atomic E-state index is 11.3. The van der Waals surface area contributed by atoms with Crippen molar-refractivity contribution in [3.05, 3.63) is 19.6 Å². The predicted molar refractivity (Wildman–Crippen MR) is 342 cm³/mol. The summed E-state index contributed by atoms with van der Waals surface area (Å²) < 4.78 is 83.0. The van der Waals surface area contributed by atoms with Crippen LogP contribution in [0.15, 0.2) is 0 Å². The number of likely N-dealkylation sites (tertiary alicyclic amines) is 6. The Kier molecular flexibility index (Phi) is 77.5. The first-order valence-electron chi connectivity index (χ1n) is 28.1. The van der Waals surface area contributed by atoms with Gasteiger partial charge in [0.15, 0.2) is 27.0 Å². The molecule has 0 bridgehead atoms. The molecular formula is C54H118ClN11O13Rb4S4. The Morgan fingerprint density at radius 1 is 0.632 bits per heavy atom. The van der Waals surface area contributed by atoms with E-state index in [2.05, 4.69) is 133 Å². The normalized spacial score (nSPS) is 17.9. The van der Waals surface area contributed by atoms with Crippen molar-refractivity contribution < 1.29 is 290 Å². The second-order valence-corrected chi connectivity index (χ2v) is 30.1. The topological polar surface area (TPSA) is 308 Å². The number of hydrogen-bond donors (Lipinski definition) is 4. The van der Waals surface area contributed by atoms with E-state index < -0.39 is 40.3 Å². The van der Waals surface area contributed by atoms with Crippen molar-refractivity contribution in [1.29, 1.82) is 0 Å². The zero-order valence-electron chi connectivity index (χ0n) is 59.4. The summed E-state index contributed by atoms with van der Waals surface area (Å²) in [6.07, 6.45) is 6.07. The molecule has 0 spiro atoms. The van der Waals surface area contributed by atoms with Crippen LogP contribution in [-0.4, -0.2) is 274 Å². The summed E-state index contributed by atoms with van der Waals surface area (Å²) in [5.74, 6) is 0.316. The molecule has 0 aromatic heterocycles. The molecule has 33 heteroatoms. The number of ketones is 1. The van der Waals surface area contributed by atoms with Crippen molar-refractivity contribution in [3.63, 3.8) is 0 Å². The zero-order chi connectivity index (χ0) is 65.2. The third-order valence-electron chi connectivity index (χ3n) is 12.8. The van der Waals surface area contributed by atoms with Gasteiger partial charge in [-0.15, -0.1) is 0 Å². The van der Waals surface area contributed by atoms with Gasteiger partial charge in [-0.2, -0.15) is 36.1 Å². The Morgan fingerprint density at radius 3 is 1.10 bits per heavy atom. The fraction of sp³-hybridized carbons (Fsp3) is 0.889. The molecule has 0 saturated carbocycles. The van der Waals surface area contributed by atoms with Crippen LogP contribution in [0.4, 0.5) is 0 Å². The first kappa shape index (κ1) is 111. The number of β-amino-alcohol motifs (C(OH)–C–C–N with tert-alkyl or cyclic N) is 1. The summed E-state index contributed by atoms with van der Waals surface area (Å²) in [5.41, 5.74) is 5.56. The number of nitrogens with two attached hydrogens (primary N) is 1. The second-order valence-electron chi connectivity index (χ2n) is 22.5. The van der Waals surface area contributed by atoms with Gasteiger partial charge >= 0.3 is 233 Å². The van der Waals surface area contributed by atoms with Crippen LogP contribution >= 0.6 is 10.7 Å². The standard InChI is InChI=1S/C10H19N2O.C9H19N2O2S.C8H17N2.C7H15NO3S.C6H14N2.C6H13NO.C3H6O.C2H6O2S.C2H3O.CH3ClO2S.H3N.4Rb/c1-5-12(9(4)13)10-6-11(7-10)8(2)3;1-5-11(14(4,12)13)9-6-10(7-9)8(2)3;1-4-9-8-5-10(6-8)7(2)3;1-6(2)8-4-7(5-8)11-12(3,9)10;1-5(2)8-3-6(7)4-8;1-5(2)7-3-6(8)4-7;1-3(2)4;1-4-5(2)3;1-2-3;1-5(2,3)4;;;;;/h5,8,10H,6-7H2,1-4H3;5,8-9H,6-7H2,1-4H3;4,7-9H,5-6H2,1-3H3;6-7H,4-5H2,1-3H3;5-6H,3-4,7H2,1-2H3;5-6,8H,3-4H2,1-2H3;1-2H3;1-2H3;1H3;1H3;1H3;;;;/q3*-1;;;;;;-1;;;4*+1. The first-order chi connectivity index (χ1) is 37.3. The van der Waals surface area contributed by atoms with Gasteiger partial charge in [0.25, 0.3) is 10.1 Å². The van der Waals surface area contributed by atoms with E-state index in [4.69, 9.17) is 19.8 Å². The summed E-state index contributed by atoms with van der Waals surface area (Å²) in [6, 6.07) is 5.31. The SMILES string of the molecule is CC(C)=O.CC(C)N1CC(N)C1.CC(C)N1CC(O)C1.CC(C)N1CC(OS(C)(=O)=O)C1.COS(C)=O.CS(=O)(=O)Cl.C[C-]=O.C[CH-]N(C(C)=O)C1CN(C(C)C)C1.C[CH-]N(C1CN(C(C)C)C1)S(C)(=O)=O.C[CH-]NC1CN(C(C)C)C1.N.[Rb+].[Rb+].[Rb+].[Rb+]. The number of aliphatic hydroxyl groups excluding tert-OH is 1. The van der Waals surface area contributed by atoms with Gasteiger partial charge in [-0.25, -0.2) is 27.6 Å². The van der Waals surface area contributed by atoms with E-state index >= 15 is 0 Å². The Morgan fingerprint density at radius 2 is 0.908 bits per heavy atom. The average Bonchev–Trinajstić information content (AvgIpc) is 3.22. The molecule has 1 amide bonds. The van der Waals surface area contributed by atoms with Gasteiger partial charge in [0, 0.05) is 163 Å². The van der Waals surface area contributed by atoms with Gasteiger partial charge < -0.3 is 41.1 Å². The molecule has 0 aliphatic carbocycles. The van der Waals surface area contributed by atoms with E-state index in [1.807, 2.05) is 31.8 Å². The molecular weight excluding hydrogens is 1520 g/mol. The average molecular weight is 1640 g/mol. The molecule has 0 radical (unpaired) electrons. The zero-order valence-corrected chi connectivity index (χ0v) is 83.1. The quantitative estimate of drug-likeness (QED) is 0.0634. The third kappa shape index (κ3) is 61.4. The largest absolute Gasteiger partial charge is 1.00 e. The fourth-order valence-electron chi connectivity index (χ4n) is 7.83. The van der Waals surface area contributed by atoms with Crippen molar-refractivity contribution in [2.75, 3.05) is 111 Å². The molecule has 7 N–H and O–H groups in total. The smallest absolute Gasteiger partial charge is 0.542 e. The monoisotopic (exact) mass is 1630 g/mol. The van der Waals surface area contributed by atoms with Crippen LogP contribution < -0.4 is 250 Å². The van der Waals surface area contributed by atoms with Crippen molar-refractivity contribution in [1.82, 2.24) is 50.1 Å². The maximum atomic E-state index is 11.3. The van der Waals surface area contributed by atoms with E-state index in [1.165, 1.54) is 64.1 Å². The molecule has 6 rings (SSSR count). The van der Waals surface area contributed by atoms with Crippen LogP contribution in [0.3, 0.4) is 0 Å². The van der Waals surface area contributed by atoms with E-state index in [1.54, 1.807) is 20.4 Å². The second kappa shape index (κ2) is 60.6. The van der Waals surface area contributed by atoms with Crippen LogP contribution in [0.1, 0.15) is 132 Å². The molecule has 502 valence electrons. The third-order valence-corrected chi connectivity index (χ3v) is 15.1. The Hall–Kier alpha value is 5.80. The summed E-state index contributed by atoms with van der Waals surface area (Å²) in [5, 5.41) is 12.1. The number of sulfonamides is 1. The van der Waals surface area contributed by atoms with Crippen molar-refractivity contribution >= 4 is 68.9 Å². The number of carbonyl (C=O) groups excluding carboxylic acids is 3.